The van der Waals surface area contributed by atoms with Crippen molar-refractivity contribution in [3.05, 3.63) is 51.6 Å². The molecule has 0 radical (unpaired) electrons. The molecule has 1 aromatic heterocycles. The van der Waals surface area contributed by atoms with Crippen LogP contribution < -0.4 is 10.5 Å². The topological polar surface area (TPSA) is 48.1 Å². The van der Waals surface area contributed by atoms with Crippen molar-refractivity contribution in [2.75, 3.05) is 0 Å². The normalized spacial score (nSPS) is 10.4. The Kier molecular flexibility index (Phi) is 4.07. The Balaban J connectivity index is 2.28. The van der Waals surface area contributed by atoms with Crippen LogP contribution in [0.2, 0.25) is 10.0 Å². The number of nitrogens with zero attached hydrogens (tertiary/aromatic N) is 1. The van der Waals surface area contributed by atoms with Gasteiger partial charge in [-0.25, -0.2) is 4.98 Å². The third-order valence-corrected chi connectivity index (χ3v) is 2.95. The molecule has 0 aliphatic heterocycles. The van der Waals surface area contributed by atoms with Crippen LogP contribution in [0.15, 0.2) is 30.5 Å². The third-order valence-electron chi connectivity index (χ3n) is 2.42. The van der Waals surface area contributed by atoms with Gasteiger partial charge in [-0.15, -0.1) is 0 Å². The largest absolute Gasteiger partial charge is 0.437 e. The van der Waals surface area contributed by atoms with Crippen LogP contribution in [0.5, 0.6) is 11.6 Å². The van der Waals surface area contributed by atoms with Gasteiger partial charge in [-0.3, -0.25) is 0 Å². The highest BCUT2D eigenvalue weighted by atomic mass is 35.5. The van der Waals surface area contributed by atoms with Gasteiger partial charge in [0.1, 0.15) is 5.75 Å². The van der Waals surface area contributed by atoms with Gasteiger partial charge < -0.3 is 10.5 Å². The molecule has 0 saturated carbocycles. The lowest BCUT2D eigenvalue weighted by molar-refractivity contribution is 0.458. The van der Waals surface area contributed by atoms with E-state index >= 15 is 0 Å². The first-order valence-electron chi connectivity index (χ1n) is 5.38. The maximum absolute atomic E-state index is 6.03. The summed E-state index contributed by atoms with van der Waals surface area (Å²) in [5.74, 6) is 1.04. The summed E-state index contributed by atoms with van der Waals surface area (Å²) >= 11 is 11.9. The number of hydrogen-bond acceptors (Lipinski definition) is 3. The van der Waals surface area contributed by atoms with Crippen LogP contribution in [0.25, 0.3) is 0 Å². The molecule has 0 saturated heterocycles. The van der Waals surface area contributed by atoms with Crippen LogP contribution >= 0.6 is 23.2 Å². The van der Waals surface area contributed by atoms with Gasteiger partial charge in [0, 0.05) is 23.3 Å². The lowest BCUT2D eigenvalue weighted by Gasteiger charge is -2.10. The molecular weight excluding hydrogens is 271 g/mol. The Labute approximate surface area is 115 Å². The molecule has 94 valence electrons. The van der Waals surface area contributed by atoms with Gasteiger partial charge in [0.05, 0.1) is 5.02 Å². The fourth-order valence-electron chi connectivity index (χ4n) is 1.50. The first-order valence-corrected chi connectivity index (χ1v) is 6.14. The summed E-state index contributed by atoms with van der Waals surface area (Å²) < 4.78 is 5.65. The third kappa shape index (κ3) is 2.93. The van der Waals surface area contributed by atoms with E-state index in [4.69, 9.17) is 33.7 Å². The summed E-state index contributed by atoms with van der Waals surface area (Å²) in [5, 5.41) is 1.02. The summed E-state index contributed by atoms with van der Waals surface area (Å²) in [7, 11) is 0. The Hall–Kier alpha value is -1.29. The van der Waals surface area contributed by atoms with E-state index in [1.165, 1.54) is 0 Å². The monoisotopic (exact) mass is 282 g/mol. The fourth-order valence-corrected chi connectivity index (χ4v) is 1.95. The molecule has 0 aliphatic rings. The molecule has 1 heterocycles. The minimum absolute atomic E-state index is 0.451. The number of nitrogens with two attached hydrogens (primary N) is 1. The zero-order valence-corrected chi connectivity index (χ0v) is 11.3. The maximum atomic E-state index is 6.03. The minimum atomic E-state index is 0.451. The van der Waals surface area contributed by atoms with E-state index < -0.39 is 0 Å². The van der Waals surface area contributed by atoms with Gasteiger partial charge in [-0.2, -0.15) is 0 Å². The molecule has 0 spiro atoms. The molecule has 0 fully saturated rings. The minimum Gasteiger partial charge on any atom is -0.437 e. The standard InChI is InChI=1S/C13H12Cl2N2O/c1-8-4-9(6-16)7-17-13(8)18-12-3-2-10(14)5-11(12)15/h2-5,7H,6,16H2,1H3. The van der Waals surface area contributed by atoms with Crippen LogP contribution in [0.4, 0.5) is 0 Å². The number of benzene rings is 1. The second-order valence-corrected chi connectivity index (χ2v) is 4.69. The van der Waals surface area contributed by atoms with Crippen molar-refractivity contribution in [1.82, 2.24) is 4.98 Å². The van der Waals surface area contributed by atoms with E-state index in [9.17, 15) is 0 Å². The molecule has 2 rings (SSSR count). The number of rotatable bonds is 3. The lowest BCUT2D eigenvalue weighted by Crippen LogP contribution is -1.99. The van der Waals surface area contributed by atoms with E-state index in [0.29, 0.717) is 28.2 Å². The zero-order valence-electron chi connectivity index (χ0n) is 9.78. The van der Waals surface area contributed by atoms with Crippen LogP contribution in [0, 0.1) is 6.92 Å². The average molecular weight is 283 g/mol. The van der Waals surface area contributed by atoms with Gasteiger partial charge in [-0.05, 0) is 36.8 Å². The van der Waals surface area contributed by atoms with Crippen LogP contribution in [0.1, 0.15) is 11.1 Å². The predicted octanol–water partition coefficient (Wildman–Crippen LogP) is 3.95. The molecule has 0 atom stereocenters. The quantitative estimate of drug-likeness (QED) is 0.927. The molecule has 0 unspecified atom stereocenters. The summed E-state index contributed by atoms with van der Waals surface area (Å²) in [5.41, 5.74) is 7.41. The predicted molar refractivity (Wildman–Crippen MR) is 73.4 cm³/mol. The lowest BCUT2D eigenvalue weighted by atomic mass is 10.2. The number of halogens is 2. The van der Waals surface area contributed by atoms with Gasteiger partial charge in [0.25, 0.3) is 0 Å². The van der Waals surface area contributed by atoms with E-state index in [1.807, 2.05) is 13.0 Å². The van der Waals surface area contributed by atoms with E-state index in [2.05, 4.69) is 4.98 Å². The van der Waals surface area contributed by atoms with Gasteiger partial charge in [0.15, 0.2) is 0 Å². The van der Waals surface area contributed by atoms with Crippen LogP contribution in [0.3, 0.4) is 0 Å². The van der Waals surface area contributed by atoms with Crippen LogP contribution in [-0.4, -0.2) is 4.98 Å². The molecule has 1 aromatic carbocycles. The first kappa shape index (κ1) is 13.1. The van der Waals surface area contributed by atoms with Crippen molar-refractivity contribution in [3.63, 3.8) is 0 Å². The fraction of sp³-hybridized carbons (Fsp3) is 0.154. The Morgan fingerprint density at radius 1 is 1.28 bits per heavy atom. The molecule has 3 nitrogen and oxygen atoms in total. The smallest absolute Gasteiger partial charge is 0.222 e. The molecule has 0 amide bonds. The Morgan fingerprint density at radius 2 is 2.06 bits per heavy atom. The number of ether oxygens (including phenoxy) is 1. The van der Waals surface area contributed by atoms with Crippen molar-refractivity contribution in [2.45, 2.75) is 13.5 Å². The van der Waals surface area contributed by atoms with Crippen molar-refractivity contribution in [3.8, 4) is 11.6 Å². The van der Waals surface area contributed by atoms with Gasteiger partial charge in [-0.1, -0.05) is 23.2 Å². The molecule has 0 bridgehead atoms. The maximum Gasteiger partial charge on any atom is 0.222 e. The number of pyridine rings is 1. The highest BCUT2D eigenvalue weighted by molar-refractivity contribution is 6.35. The van der Waals surface area contributed by atoms with E-state index in [1.54, 1.807) is 24.4 Å². The first-order chi connectivity index (χ1) is 8.60. The van der Waals surface area contributed by atoms with Crippen molar-refractivity contribution >= 4 is 23.2 Å². The Morgan fingerprint density at radius 3 is 2.67 bits per heavy atom. The second-order valence-electron chi connectivity index (χ2n) is 3.85. The SMILES string of the molecule is Cc1cc(CN)cnc1Oc1ccc(Cl)cc1Cl. The Bertz CT molecular complexity index is 573. The van der Waals surface area contributed by atoms with E-state index in [0.717, 1.165) is 11.1 Å². The second kappa shape index (κ2) is 5.57. The summed E-state index contributed by atoms with van der Waals surface area (Å²) in [6.07, 6.45) is 1.69. The molecule has 5 heteroatoms. The van der Waals surface area contributed by atoms with Gasteiger partial charge >= 0.3 is 0 Å². The van der Waals surface area contributed by atoms with Gasteiger partial charge in [0.2, 0.25) is 5.88 Å². The average Bonchev–Trinajstić information content (AvgIpc) is 2.34. The summed E-state index contributed by atoms with van der Waals surface area (Å²) in [6, 6.07) is 6.99. The highest BCUT2D eigenvalue weighted by Gasteiger charge is 2.07. The highest BCUT2D eigenvalue weighted by Crippen LogP contribution is 2.31. The summed E-state index contributed by atoms with van der Waals surface area (Å²) in [4.78, 5) is 4.21. The number of aryl methyl sites for hydroxylation is 1. The molecular formula is C13H12Cl2N2O. The number of aromatic nitrogens is 1. The van der Waals surface area contributed by atoms with Crippen molar-refractivity contribution in [1.29, 1.82) is 0 Å². The summed E-state index contributed by atoms with van der Waals surface area (Å²) in [6.45, 7) is 2.36. The van der Waals surface area contributed by atoms with Crippen LogP contribution in [-0.2, 0) is 6.54 Å². The van der Waals surface area contributed by atoms with Crippen molar-refractivity contribution in [2.24, 2.45) is 5.73 Å². The van der Waals surface area contributed by atoms with E-state index in [-0.39, 0.29) is 0 Å². The molecule has 2 N–H and O–H groups in total. The molecule has 2 aromatic rings. The number of hydrogen-bond donors (Lipinski definition) is 1. The van der Waals surface area contributed by atoms with Crippen molar-refractivity contribution < 1.29 is 4.74 Å². The zero-order chi connectivity index (χ0) is 13.1. The molecule has 18 heavy (non-hydrogen) atoms. The molecule has 0 aliphatic carbocycles.